The van der Waals surface area contributed by atoms with Gasteiger partial charge in [0.2, 0.25) is 0 Å². The molecule has 1 aromatic carbocycles. The first-order chi connectivity index (χ1) is 8.69. The van der Waals surface area contributed by atoms with Gasteiger partial charge in [0.25, 0.3) is 5.91 Å². The van der Waals surface area contributed by atoms with E-state index in [1.165, 1.54) is 0 Å². The average Bonchev–Trinajstić information content (AvgIpc) is 2.40. The highest BCUT2D eigenvalue weighted by Crippen LogP contribution is 2.24. The van der Waals surface area contributed by atoms with Crippen LogP contribution in [-0.2, 0) is 0 Å². The molecule has 0 heterocycles. The van der Waals surface area contributed by atoms with Crippen molar-refractivity contribution in [2.45, 2.75) is 31.7 Å². The number of hydrogen-bond acceptors (Lipinski definition) is 2. The molecule has 0 atom stereocenters. The molecule has 2 N–H and O–H groups in total. The molecule has 1 aliphatic rings. The number of aliphatic hydroxyl groups is 1. The van der Waals surface area contributed by atoms with Crippen molar-refractivity contribution in [3.8, 4) is 0 Å². The summed E-state index contributed by atoms with van der Waals surface area (Å²) in [4.78, 5) is 12.0. The van der Waals surface area contributed by atoms with E-state index in [-0.39, 0.29) is 18.6 Å². The Bertz CT molecular complexity index is 397. The number of nitrogens with one attached hydrogen (secondary N) is 1. The minimum Gasteiger partial charge on any atom is -0.396 e. The summed E-state index contributed by atoms with van der Waals surface area (Å²) in [6.45, 7) is 0.262. The van der Waals surface area contributed by atoms with Crippen LogP contribution in [0.5, 0.6) is 0 Å². The molecule has 1 saturated carbocycles. The second-order valence-corrected chi connectivity index (χ2v) is 5.32. The molecule has 0 aromatic heterocycles. The Morgan fingerprint density at radius 1 is 1.22 bits per heavy atom. The lowest BCUT2D eigenvalue weighted by Gasteiger charge is -2.27. The number of rotatable bonds is 3. The van der Waals surface area contributed by atoms with Gasteiger partial charge in [0.05, 0.1) is 0 Å². The minimum absolute atomic E-state index is 0.0425. The zero-order valence-electron chi connectivity index (χ0n) is 10.2. The van der Waals surface area contributed by atoms with Gasteiger partial charge < -0.3 is 10.4 Å². The summed E-state index contributed by atoms with van der Waals surface area (Å²) in [5.41, 5.74) is 0.642. The Hall–Kier alpha value is -1.06. The largest absolute Gasteiger partial charge is 0.396 e. The third kappa shape index (κ3) is 3.47. The van der Waals surface area contributed by atoms with Crippen LogP contribution in [0, 0.1) is 5.92 Å². The summed E-state index contributed by atoms with van der Waals surface area (Å²) in [7, 11) is 0. The molecule has 0 bridgehead atoms. The third-order valence-electron chi connectivity index (χ3n) is 3.55. The molecule has 3 nitrogen and oxygen atoms in total. The number of amides is 1. The molecule has 1 aliphatic carbocycles. The van der Waals surface area contributed by atoms with Crippen molar-refractivity contribution in [2.75, 3.05) is 6.61 Å². The SMILES string of the molecule is O=C(NC1CCC(CO)CC1)c1ccc(Cl)cc1. The highest BCUT2D eigenvalue weighted by Gasteiger charge is 2.22. The van der Waals surface area contributed by atoms with Crippen molar-refractivity contribution < 1.29 is 9.90 Å². The van der Waals surface area contributed by atoms with Gasteiger partial charge in [-0.2, -0.15) is 0 Å². The van der Waals surface area contributed by atoms with Crippen LogP contribution < -0.4 is 5.32 Å². The monoisotopic (exact) mass is 267 g/mol. The molecule has 98 valence electrons. The van der Waals surface area contributed by atoms with Crippen LogP contribution in [0.15, 0.2) is 24.3 Å². The van der Waals surface area contributed by atoms with Gasteiger partial charge in [0.1, 0.15) is 0 Å². The van der Waals surface area contributed by atoms with Gasteiger partial charge in [-0.05, 0) is 55.9 Å². The van der Waals surface area contributed by atoms with Crippen molar-refractivity contribution in [2.24, 2.45) is 5.92 Å². The molecular formula is C14H18ClNO2. The normalized spacial score (nSPS) is 23.7. The van der Waals surface area contributed by atoms with Gasteiger partial charge >= 0.3 is 0 Å². The number of hydrogen-bond donors (Lipinski definition) is 2. The molecule has 2 rings (SSSR count). The first kappa shape index (κ1) is 13.4. The fourth-order valence-electron chi connectivity index (χ4n) is 2.36. The molecule has 0 aliphatic heterocycles. The summed E-state index contributed by atoms with van der Waals surface area (Å²) in [6.07, 6.45) is 3.87. The Labute approximate surface area is 112 Å². The standard InChI is InChI=1S/C14H18ClNO2/c15-12-5-3-11(4-6-12)14(18)16-13-7-1-10(9-17)2-8-13/h3-6,10,13,17H,1-2,7-9H2,(H,16,18). The highest BCUT2D eigenvalue weighted by molar-refractivity contribution is 6.30. The maximum atomic E-state index is 12.0. The van der Waals surface area contributed by atoms with E-state index in [0.717, 1.165) is 25.7 Å². The first-order valence-electron chi connectivity index (χ1n) is 6.36. The topological polar surface area (TPSA) is 49.3 Å². The predicted octanol–water partition coefficient (Wildman–Crippen LogP) is 2.62. The summed E-state index contributed by atoms with van der Waals surface area (Å²) >= 11 is 5.78. The van der Waals surface area contributed by atoms with Crippen LogP contribution in [-0.4, -0.2) is 23.7 Å². The van der Waals surface area contributed by atoms with Gasteiger partial charge in [0.15, 0.2) is 0 Å². The highest BCUT2D eigenvalue weighted by atomic mass is 35.5. The van der Waals surface area contributed by atoms with E-state index >= 15 is 0 Å². The van der Waals surface area contributed by atoms with E-state index in [2.05, 4.69) is 5.32 Å². The Morgan fingerprint density at radius 2 is 1.83 bits per heavy atom. The molecule has 4 heteroatoms. The maximum absolute atomic E-state index is 12.0. The lowest BCUT2D eigenvalue weighted by atomic mass is 9.86. The quantitative estimate of drug-likeness (QED) is 0.885. The van der Waals surface area contributed by atoms with E-state index in [4.69, 9.17) is 16.7 Å². The number of halogens is 1. The fourth-order valence-corrected chi connectivity index (χ4v) is 2.49. The first-order valence-corrected chi connectivity index (χ1v) is 6.74. The van der Waals surface area contributed by atoms with Crippen LogP contribution in [0.3, 0.4) is 0 Å². The van der Waals surface area contributed by atoms with Crippen molar-refractivity contribution in [3.63, 3.8) is 0 Å². The molecule has 0 saturated heterocycles. The van der Waals surface area contributed by atoms with Crippen molar-refractivity contribution in [3.05, 3.63) is 34.9 Å². The Balaban J connectivity index is 1.86. The molecule has 18 heavy (non-hydrogen) atoms. The lowest BCUT2D eigenvalue weighted by molar-refractivity contribution is 0.0914. The average molecular weight is 268 g/mol. The van der Waals surface area contributed by atoms with E-state index in [1.54, 1.807) is 24.3 Å². The zero-order valence-corrected chi connectivity index (χ0v) is 11.0. The number of carbonyl (C=O) groups is 1. The van der Waals surface area contributed by atoms with Crippen LogP contribution in [0.1, 0.15) is 36.0 Å². The molecule has 1 aromatic rings. The Morgan fingerprint density at radius 3 is 2.39 bits per heavy atom. The predicted molar refractivity (Wildman–Crippen MR) is 71.8 cm³/mol. The van der Waals surface area contributed by atoms with E-state index in [0.29, 0.717) is 16.5 Å². The van der Waals surface area contributed by atoms with Crippen LogP contribution in [0.4, 0.5) is 0 Å². The summed E-state index contributed by atoms with van der Waals surface area (Å²) in [6, 6.07) is 7.14. The Kier molecular flexibility index (Phi) is 4.61. The number of carbonyl (C=O) groups excluding carboxylic acids is 1. The van der Waals surface area contributed by atoms with Crippen LogP contribution in [0.25, 0.3) is 0 Å². The summed E-state index contributed by atoms with van der Waals surface area (Å²) < 4.78 is 0. The van der Waals surface area contributed by atoms with Crippen molar-refractivity contribution in [1.82, 2.24) is 5.32 Å². The molecule has 0 unspecified atom stereocenters. The third-order valence-corrected chi connectivity index (χ3v) is 3.80. The summed E-state index contributed by atoms with van der Waals surface area (Å²) in [5, 5.41) is 12.7. The van der Waals surface area contributed by atoms with Crippen molar-refractivity contribution in [1.29, 1.82) is 0 Å². The maximum Gasteiger partial charge on any atom is 0.251 e. The zero-order chi connectivity index (χ0) is 13.0. The smallest absolute Gasteiger partial charge is 0.251 e. The van der Waals surface area contributed by atoms with Gasteiger partial charge in [0, 0.05) is 23.2 Å². The minimum atomic E-state index is -0.0425. The lowest BCUT2D eigenvalue weighted by Crippen LogP contribution is -2.38. The van der Waals surface area contributed by atoms with E-state index in [1.807, 2.05) is 0 Å². The van der Waals surface area contributed by atoms with E-state index < -0.39 is 0 Å². The molecular weight excluding hydrogens is 250 g/mol. The van der Waals surface area contributed by atoms with Gasteiger partial charge in [-0.1, -0.05) is 11.6 Å². The van der Waals surface area contributed by atoms with Gasteiger partial charge in [-0.25, -0.2) is 0 Å². The number of benzene rings is 1. The fraction of sp³-hybridized carbons (Fsp3) is 0.500. The second kappa shape index (κ2) is 6.21. The second-order valence-electron chi connectivity index (χ2n) is 4.88. The molecule has 1 fully saturated rings. The van der Waals surface area contributed by atoms with Crippen LogP contribution in [0.2, 0.25) is 5.02 Å². The van der Waals surface area contributed by atoms with Crippen LogP contribution >= 0.6 is 11.6 Å². The summed E-state index contributed by atoms with van der Waals surface area (Å²) in [5.74, 6) is 0.368. The van der Waals surface area contributed by atoms with E-state index in [9.17, 15) is 4.79 Å². The van der Waals surface area contributed by atoms with Crippen molar-refractivity contribution >= 4 is 17.5 Å². The molecule has 0 radical (unpaired) electrons. The molecule has 0 spiro atoms. The van der Waals surface area contributed by atoms with Gasteiger partial charge in [-0.3, -0.25) is 4.79 Å². The van der Waals surface area contributed by atoms with Gasteiger partial charge in [-0.15, -0.1) is 0 Å². The number of aliphatic hydroxyl groups excluding tert-OH is 1. The molecule has 1 amide bonds.